The number of hydrogen-bond donors (Lipinski definition) is 1. The zero-order valence-electron chi connectivity index (χ0n) is 11.2. The molecule has 0 fully saturated rings. The SMILES string of the molecule is Cn1ncnc1-c1c(C(F)(F)F)nn(-c2ncccn2)c1N. The van der Waals surface area contributed by atoms with Gasteiger partial charge >= 0.3 is 6.18 Å². The van der Waals surface area contributed by atoms with E-state index in [0.717, 1.165) is 11.0 Å². The molecule has 0 saturated carbocycles. The predicted octanol–water partition coefficient (Wildman–Crippen LogP) is 1.06. The van der Waals surface area contributed by atoms with Crippen LogP contribution in [-0.2, 0) is 13.2 Å². The van der Waals surface area contributed by atoms with Gasteiger partial charge in [0.25, 0.3) is 5.95 Å². The summed E-state index contributed by atoms with van der Waals surface area (Å²) in [4.78, 5) is 11.5. The van der Waals surface area contributed by atoms with Crippen molar-refractivity contribution < 1.29 is 13.2 Å². The molecule has 0 aliphatic rings. The van der Waals surface area contributed by atoms with Crippen molar-refractivity contribution >= 4 is 5.82 Å². The van der Waals surface area contributed by atoms with E-state index < -0.39 is 11.9 Å². The molecule has 3 heterocycles. The summed E-state index contributed by atoms with van der Waals surface area (Å²) in [5, 5.41) is 7.26. The van der Waals surface area contributed by atoms with Gasteiger partial charge in [-0.25, -0.2) is 19.6 Å². The summed E-state index contributed by atoms with van der Waals surface area (Å²) in [6.07, 6.45) is -0.835. The molecule has 0 aliphatic heterocycles. The lowest BCUT2D eigenvalue weighted by molar-refractivity contribution is -0.140. The second-order valence-corrected chi connectivity index (χ2v) is 4.27. The third kappa shape index (κ3) is 2.16. The Balaban J connectivity index is 2.29. The summed E-state index contributed by atoms with van der Waals surface area (Å²) in [5.41, 5.74) is 4.30. The number of aryl methyl sites for hydroxylation is 1. The highest BCUT2D eigenvalue weighted by Gasteiger charge is 2.41. The van der Waals surface area contributed by atoms with Crippen molar-refractivity contribution in [2.24, 2.45) is 7.05 Å². The van der Waals surface area contributed by atoms with Crippen LogP contribution in [0.15, 0.2) is 24.8 Å². The fourth-order valence-corrected chi connectivity index (χ4v) is 1.93. The number of aromatic nitrogens is 7. The van der Waals surface area contributed by atoms with Crippen LogP contribution in [0, 0.1) is 0 Å². The Morgan fingerprint density at radius 1 is 1.14 bits per heavy atom. The first kappa shape index (κ1) is 14.0. The standard InChI is InChI=1S/C11H9F3N8/c1-21-9(18-5-19-21)6-7(11(12,13)14)20-22(8(6)15)10-16-3-2-4-17-10/h2-5H,15H2,1H3. The number of halogens is 3. The minimum atomic E-state index is -4.71. The van der Waals surface area contributed by atoms with Gasteiger partial charge in [-0.15, -0.1) is 0 Å². The molecule has 11 heteroatoms. The number of nitrogen functional groups attached to an aromatic ring is 1. The molecule has 3 rings (SSSR count). The Labute approximate surface area is 121 Å². The number of rotatable bonds is 2. The van der Waals surface area contributed by atoms with Crippen LogP contribution in [-0.4, -0.2) is 34.5 Å². The molecule has 22 heavy (non-hydrogen) atoms. The largest absolute Gasteiger partial charge is 0.436 e. The van der Waals surface area contributed by atoms with Gasteiger partial charge in [0.15, 0.2) is 11.5 Å². The van der Waals surface area contributed by atoms with Gasteiger partial charge < -0.3 is 5.73 Å². The third-order valence-corrected chi connectivity index (χ3v) is 2.87. The Bertz CT molecular complexity index is 805. The van der Waals surface area contributed by atoms with Crippen molar-refractivity contribution in [2.45, 2.75) is 6.18 Å². The normalized spacial score (nSPS) is 11.8. The van der Waals surface area contributed by atoms with Crippen LogP contribution in [0.4, 0.5) is 19.0 Å². The topological polar surface area (TPSA) is 100 Å². The molecule has 114 valence electrons. The number of hydrogen-bond acceptors (Lipinski definition) is 6. The number of nitrogens with two attached hydrogens (primary N) is 1. The van der Waals surface area contributed by atoms with E-state index in [4.69, 9.17) is 5.73 Å². The molecule has 2 N–H and O–H groups in total. The van der Waals surface area contributed by atoms with Gasteiger partial charge in [-0.05, 0) is 6.07 Å². The minimum absolute atomic E-state index is 0.0491. The van der Waals surface area contributed by atoms with Crippen molar-refractivity contribution in [2.75, 3.05) is 5.73 Å². The number of anilines is 1. The second kappa shape index (κ2) is 4.79. The maximum absolute atomic E-state index is 13.3. The Kier molecular flexibility index (Phi) is 3.04. The van der Waals surface area contributed by atoms with E-state index in [2.05, 4.69) is 25.1 Å². The van der Waals surface area contributed by atoms with Crippen LogP contribution in [0.3, 0.4) is 0 Å². The molecule has 0 bridgehead atoms. The first-order valence-electron chi connectivity index (χ1n) is 5.97. The quantitative estimate of drug-likeness (QED) is 0.759. The summed E-state index contributed by atoms with van der Waals surface area (Å²) in [6, 6.07) is 1.53. The van der Waals surface area contributed by atoms with Crippen LogP contribution >= 0.6 is 0 Å². The van der Waals surface area contributed by atoms with E-state index in [1.54, 1.807) is 0 Å². The molecule has 0 radical (unpaired) electrons. The average Bonchev–Trinajstić information content (AvgIpc) is 3.02. The number of nitrogens with zero attached hydrogens (tertiary/aromatic N) is 7. The van der Waals surface area contributed by atoms with Gasteiger partial charge in [0.05, 0.1) is 5.56 Å². The Morgan fingerprint density at radius 3 is 2.36 bits per heavy atom. The van der Waals surface area contributed by atoms with E-state index in [9.17, 15) is 13.2 Å². The molecule has 0 amide bonds. The molecule has 0 aliphatic carbocycles. The summed E-state index contributed by atoms with van der Waals surface area (Å²) in [6.45, 7) is 0. The van der Waals surface area contributed by atoms with E-state index in [1.165, 1.54) is 30.2 Å². The molecule has 0 saturated heterocycles. The highest BCUT2D eigenvalue weighted by molar-refractivity contribution is 5.73. The van der Waals surface area contributed by atoms with Gasteiger partial charge in [-0.1, -0.05) is 0 Å². The third-order valence-electron chi connectivity index (χ3n) is 2.87. The highest BCUT2D eigenvalue weighted by Crippen LogP contribution is 2.39. The lowest BCUT2D eigenvalue weighted by Crippen LogP contribution is -2.10. The molecular weight excluding hydrogens is 301 g/mol. The Morgan fingerprint density at radius 2 is 1.82 bits per heavy atom. The molecule has 8 nitrogen and oxygen atoms in total. The zero-order valence-corrected chi connectivity index (χ0v) is 11.2. The van der Waals surface area contributed by atoms with Gasteiger partial charge in [-0.3, -0.25) is 0 Å². The van der Waals surface area contributed by atoms with E-state index >= 15 is 0 Å². The molecular formula is C11H9F3N8. The fourth-order valence-electron chi connectivity index (χ4n) is 1.93. The molecule has 3 aromatic rings. The fraction of sp³-hybridized carbons (Fsp3) is 0.182. The predicted molar refractivity (Wildman–Crippen MR) is 68.6 cm³/mol. The maximum Gasteiger partial charge on any atom is 0.436 e. The second-order valence-electron chi connectivity index (χ2n) is 4.27. The van der Waals surface area contributed by atoms with Crippen LogP contribution < -0.4 is 5.73 Å². The highest BCUT2D eigenvalue weighted by atomic mass is 19.4. The van der Waals surface area contributed by atoms with E-state index in [1.807, 2.05) is 0 Å². The van der Waals surface area contributed by atoms with E-state index in [0.29, 0.717) is 0 Å². The lowest BCUT2D eigenvalue weighted by atomic mass is 10.2. The van der Waals surface area contributed by atoms with Crippen molar-refractivity contribution in [3.05, 3.63) is 30.5 Å². The number of alkyl halides is 3. The first-order valence-corrected chi connectivity index (χ1v) is 5.97. The van der Waals surface area contributed by atoms with Gasteiger partial charge in [0.1, 0.15) is 12.1 Å². The van der Waals surface area contributed by atoms with Crippen LogP contribution in [0.2, 0.25) is 0 Å². The summed E-state index contributed by atoms with van der Waals surface area (Å²) >= 11 is 0. The monoisotopic (exact) mass is 310 g/mol. The van der Waals surface area contributed by atoms with Crippen molar-refractivity contribution in [3.8, 4) is 17.3 Å². The molecule has 0 unspecified atom stereocenters. The van der Waals surface area contributed by atoms with Crippen LogP contribution in [0.5, 0.6) is 0 Å². The molecule has 3 aromatic heterocycles. The van der Waals surface area contributed by atoms with Crippen molar-refractivity contribution in [3.63, 3.8) is 0 Å². The Hall–Kier alpha value is -2.98. The van der Waals surface area contributed by atoms with Crippen LogP contribution in [0.25, 0.3) is 17.3 Å². The average molecular weight is 310 g/mol. The summed E-state index contributed by atoms with van der Waals surface area (Å²) in [5.74, 6) is -0.388. The van der Waals surface area contributed by atoms with Gasteiger partial charge in [0.2, 0.25) is 0 Å². The van der Waals surface area contributed by atoms with Crippen molar-refractivity contribution in [1.82, 2.24) is 34.5 Å². The molecule has 0 aromatic carbocycles. The van der Waals surface area contributed by atoms with Gasteiger partial charge in [0, 0.05) is 19.4 Å². The van der Waals surface area contributed by atoms with Crippen molar-refractivity contribution in [1.29, 1.82) is 0 Å². The summed E-state index contributed by atoms with van der Waals surface area (Å²) in [7, 11) is 1.46. The first-order chi connectivity index (χ1) is 10.4. The van der Waals surface area contributed by atoms with E-state index in [-0.39, 0.29) is 23.2 Å². The minimum Gasteiger partial charge on any atom is -0.383 e. The molecule has 0 atom stereocenters. The molecule has 0 spiro atoms. The van der Waals surface area contributed by atoms with Gasteiger partial charge in [-0.2, -0.15) is 28.1 Å². The zero-order chi connectivity index (χ0) is 15.9. The van der Waals surface area contributed by atoms with Crippen LogP contribution in [0.1, 0.15) is 5.69 Å². The lowest BCUT2D eigenvalue weighted by Gasteiger charge is -2.05. The smallest absolute Gasteiger partial charge is 0.383 e. The summed E-state index contributed by atoms with van der Waals surface area (Å²) < 4.78 is 41.8. The maximum atomic E-state index is 13.3.